The molecule has 10 heteroatoms. The van der Waals surface area contributed by atoms with Crippen LogP contribution in [0.25, 0.3) is 16.8 Å². The number of hydrazine groups is 1. The minimum Gasteiger partial charge on any atom is -0.350 e. The summed E-state index contributed by atoms with van der Waals surface area (Å²) in [5.74, 6) is -2.63. The fourth-order valence-corrected chi connectivity index (χ4v) is 5.92. The molecule has 3 atom stereocenters. The van der Waals surface area contributed by atoms with Crippen LogP contribution in [0.1, 0.15) is 57.1 Å². The SMILES string of the molecule is CC(C)C[C@@H](C(=O)NN(Cc1ccc2ccccc2c1)S(C)(=O)=O)[C@H](CC=Cc1ccccc1)C(=O)NOC1CCCCO1. The quantitative estimate of drug-likeness (QED) is 0.227. The molecule has 0 radical (unpaired) electrons. The number of allylic oxidation sites excluding steroid dienone is 1. The Labute approximate surface area is 260 Å². The van der Waals surface area contributed by atoms with Crippen molar-refractivity contribution < 1.29 is 27.6 Å². The molecule has 3 aromatic carbocycles. The van der Waals surface area contributed by atoms with Crippen LogP contribution in [-0.2, 0) is 35.7 Å². The molecule has 0 saturated carbocycles. The molecule has 3 aromatic rings. The van der Waals surface area contributed by atoms with Crippen molar-refractivity contribution >= 4 is 38.7 Å². The van der Waals surface area contributed by atoms with Gasteiger partial charge in [-0.2, -0.15) is 0 Å². The molecule has 1 aliphatic heterocycles. The van der Waals surface area contributed by atoms with E-state index < -0.39 is 40.0 Å². The van der Waals surface area contributed by atoms with E-state index in [1.807, 2.05) is 98.8 Å². The highest BCUT2D eigenvalue weighted by Gasteiger charge is 2.36. The number of hydroxylamine groups is 1. The van der Waals surface area contributed by atoms with E-state index in [9.17, 15) is 18.0 Å². The summed E-state index contributed by atoms with van der Waals surface area (Å²) in [5.41, 5.74) is 6.86. The Morgan fingerprint density at radius 2 is 1.70 bits per heavy atom. The van der Waals surface area contributed by atoms with E-state index in [2.05, 4.69) is 10.9 Å². The van der Waals surface area contributed by atoms with Gasteiger partial charge in [0, 0.05) is 13.0 Å². The van der Waals surface area contributed by atoms with Crippen LogP contribution < -0.4 is 10.9 Å². The molecule has 0 aromatic heterocycles. The topological polar surface area (TPSA) is 114 Å². The van der Waals surface area contributed by atoms with Gasteiger partial charge in [-0.25, -0.2) is 18.7 Å². The first kappa shape index (κ1) is 33.3. The molecule has 0 spiro atoms. The Morgan fingerprint density at radius 1 is 0.977 bits per heavy atom. The Bertz CT molecular complexity index is 1520. The molecule has 1 unspecified atom stereocenters. The third-order valence-corrected chi connectivity index (χ3v) is 8.61. The zero-order valence-electron chi connectivity index (χ0n) is 25.6. The zero-order chi connectivity index (χ0) is 31.5. The molecule has 1 fully saturated rings. The lowest BCUT2D eigenvalue weighted by atomic mass is 9.82. The smallest absolute Gasteiger partial charge is 0.247 e. The molecule has 1 saturated heterocycles. The van der Waals surface area contributed by atoms with E-state index in [1.54, 1.807) is 0 Å². The number of benzene rings is 3. The number of carbonyl (C=O) groups is 2. The lowest BCUT2D eigenvalue weighted by molar-refractivity contribution is -0.203. The number of amides is 2. The van der Waals surface area contributed by atoms with Crippen LogP contribution in [0.2, 0.25) is 0 Å². The van der Waals surface area contributed by atoms with E-state index in [-0.39, 0.29) is 18.9 Å². The van der Waals surface area contributed by atoms with Gasteiger partial charge < -0.3 is 4.74 Å². The Balaban J connectivity index is 1.57. The van der Waals surface area contributed by atoms with E-state index in [1.165, 1.54) is 0 Å². The summed E-state index contributed by atoms with van der Waals surface area (Å²) in [7, 11) is -3.85. The van der Waals surface area contributed by atoms with Gasteiger partial charge in [-0.3, -0.25) is 15.0 Å². The van der Waals surface area contributed by atoms with Gasteiger partial charge in [0.1, 0.15) is 0 Å². The number of rotatable bonds is 14. The van der Waals surface area contributed by atoms with Gasteiger partial charge in [0.05, 0.1) is 24.6 Å². The van der Waals surface area contributed by atoms with Crippen LogP contribution in [0.4, 0.5) is 0 Å². The first-order chi connectivity index (χ1) is 21.1. The van der Waals surface area contributed by atoms with Crippen molar-refractivity contribution in [2.45, 2.75) is 58.8 Å². The molecule has 0 aliphatic carbocycles. The van der Waals surface area contributed by atoms with Crippen LogP contribution in [0.3, 0.4) is 0 Å². The van der Waals surface area contributed by atoms with Gasteiger partial charge in [-0.05, 0) is 59.6 Å². The summed E-state index contributed by atoms with van der Waals surface area (Å²) in [6, 6.07) is 23.1. The summed E-state index contributed by atoms with van der Waals surface area (Å²) >= 11 is 0. The highest BCUT2D eigenvalue weighted by molar-refractivity contribution is 7.88. The monoisotopic (exact) mass is 621 g/mol. The molecule has 0 bridgehead atoms. The van der Waals surface area contributed by atoms with Gasteiger partial charge in [-0.1, -0.05) is 92.7 Å². The van der Waals surface area contributed by atoms with Crippen LogP contribution in [-0.4, -0.2) is 43.8 Å². The molecule has 44 heavy (non-hydrogen) atoms. The third-order valence-electron chi connectivity index (χ3n) is 7.59. The molecule has 9 nitrogen and oxygen atoms in total. The maximum absolute atomic E-state index is 13.9. The number of hydrogen-bond donors (Lipinski definition) is 2. The van der Waals surface area contributed by atoms with Gasteiger partial charge in [0.2, 0.25) is 21.8 Å². The van der Waals surface area contributed by atoms with Crippen molar-refractivity contribution in [2.75, 3.05) is 12.9 Å². The van der Waals surface area contributed by atoms with Gasteiger partial charge in [0.25, 0.3) is 0 Å². The van der Waals surface area contributed by atoms with Crippen LogP contribution in [0.5, 0.6) is 0 Å². The molecule has 2 amide bonds. The number of nitrogens with one attached hydrogen (secondary N) is 2. The summed E-state index contributed by atoms with van der Waals surface area (Å²) in [6.07, 6.45) is 7.39. The van der Waals surface area contributed by atoms with Crippen molar-refractivity contribution in [3.8, 4) is 0 Å². The first-order valence-corrected chi connectivity index (χ1v) is 17.0. The number of carbonyl (C=O) groups excluding carboxylic acids is 2. The standard InChI is InChI=1S/C34H43N3O6S/c1-25(2)22-31(33(38)35-37(44(3,40)41)24-27-19-20-28-15-7-8-16-29(28)23-27)30(17-11-14-26-12-5-4-6-13-26)34(39)36-43-32-18-9-10-21-42-32/h4-8,11-16,19-20,23,25,30-32H,9-10,17-18,21-22,24H2,1-3H3,(H,35,38)(H,36,39)/t30-,31+,32?/m0/s1. The highest BCUT2D eigenvalue weighted by atomic mass is 32.2. The lowest BCUT2D eigenvalue weighted by Gasteiger charge is -2.30. The van der Waals surface area contributed by atoms with Crippen molar-refractivity contribution in [2.24, 2.45) is 17.8 Å². The molecule has 2 N–H and O–H groups in total. The first-order valence-electron chi connectivity index (χ1n) is 15.1. The maximum Gasteiger partial charge on any atom is 0.247 e. The largest absolute Gasteiger partial charge is 0.350 e. The number of ether oxygens (including phenoxy) is 1. The number of sulfonamides is 1. The van der Waals surface area contributed by atoms with Crippen molar-refractivity contribution in [1.29, 1.82) is 0 Å². The number of fused-ring (bicyclic) bond motifs is 1. The van der Waals surface area contributed by atoms with Crippen LogP contribution >= 0.6 is 0 Å². The van der Waals surface area contributed by atoms with Crippen LogP contribution in [0.15, 0.2) is 78.9 Å². The fraction of sp³-hybridized carbons (Fsp3) is 0.412. The second kappa shape index (κ2) is 15.9. The lowest BCUT2D eigenvalue weighted by Crippen LogP contribution is -2.50. The van der Waals surface area contributed by atoms with Gasteiger partial charge in [-0.15, -0.1) is 4.41 Å². The second-order valence-corrected chi connectivity index (χ2v) is 13.6. The highest BCUT2D eigenvalue weighted by Crippen LogP contribution is 2.27. The Hall–Kier alpha value is -3.57. The summed E-state index contributed by atoms with van der Waals surface area (Å²) < 4.78 is 32.3. The average molecular weight is 622 g/mol. The third kappa shape index (κ3) is 9.99. The zero-order valence-corrected chi connectivity index (χ0v) is 26.5. The predicted molar refractivity (Wildman–Crippen MR) is 172 cm³/mol. The van der Waals surface area contributed by atoms with E-state index in [0.717, 1.165) is 45.4 Å². The summed E-state index contributed by atoms with van der Waals surface area (Å²) in [4.78, 5) is 33.1. The Morgan fingerprint density at radius 3 is 2.39 bits per heavy atom. The molecular formula is C34H43N3O6S. The van der Waals surface area contributed by atoms with E-state index in [4.69, 9.17) is 9.57 Å². The molecule has 4 rings (SSSR count). The van der Waals surface area contributed by atoms with Crippen molar-refractivity contribution in [3.63, 3.8) is 0 Å². The van der Waals surface area contributed by atoms with Crippen LogP contribution in [0, 0.1) is 17.8 Å². The summed E-state index contributed by atoms with van der Waals surface area (Å²) in [6.45, 7) is 4.42. The summed E-state index contributed by atoms with van der Waals surface area (Å²) in [5, 5.41) is 1.99. The normalized spacial score (nSPS) is 17.2. The fourth-order valence-electron chi connectivity index (χ4n) is 5.28. The maximum atomic E-state index is 13.9. The van der Waals surface area contributed by atoms with Crippen molar-refractivity contribution in [1.82, 2.24) is 15.3 Å². The van der Waals surface area contributed by atoms with E-state index >= 15 is 0 Å². The minimum absolute atomic E-state index is 0.0499. The Kier molecular flexibility index (Phi) is 12.1. The molecule has 236 valence electrons. The van der Waals surface area contributed by atoms with E-state index in [0.29, 0.717) is 19.4 Å². The van der Waals surface area contributed by atoms with Gasteiger partial charge in [0.15, 0.2) is 6.29 Å². The number of nitrogens with zero attached hydrogens (tertiary/aromatic N) is 1. The van der Waals surface area contributed by atoms with Crippen molar-refractivity contribution in [3.05, 3.63) is 90.0 Å². The minimum atomic E-state index is -3.85. The molecular weight excluding hydrogens is 578 g/mol. The second-order valence-electron chi connectivity index (χ2n) is 11.7. The predicted octanol–water partition coefficient (Wildman–Crippen LogP) is 5.59. The van der Waals surface area contributed by atoms with Gasteiger partial charge >= 0.3 is 0 Å². The number of hydrogen-bond acceptors (Lipinski definition) is 6. The molecule has 1 aliphatic rings. The average Bonchev–Trinajstić information content (AvgIpc) is 3.01. The molecule has 1 heterocycles.